The van der Waals surface area contributed by atoms with Gasteiger partial charge in [-0.1, -0.05) is 0 Å². The molecule has 0 atom stereocenters. The molecule has 1 aliphatic heterocycles. The fraction of sp³-hybridized carbons (Fsp3) is 0.333. The number of aromatic nitrogens is 3. The molecule has 1 fully saturated rings. The number of piperidine rings is 1. The number of rotatable bonds is 3. The lowest BCUT2D eigenvalue weighted by Crippen LogP contribution is -2.39. The van der Waals surface area contributed by atoms with Crippen LogP contribution in [0.5, 0.6) is 5.75 Å². The summed E-state index contributed by atoms with van der Waals surface area (Å²) in [5.41, 5.74) is 2.24. The second-order valence-electron chi connectivity index (χ2n) is 7.12. The van der Waals surface area contributed by atoms with Gasteiger partial charge in [0.1, 0.15) is 5.82 Å². The lowest BCUT2D eigenvalue weighted by atomic mass is 9.97. The predicted octanol–water partition coefficient (Wildman–Crippen LogP) is 4.27. The number of nitrogens with zero attached hydrogens (tertiary/aromatic N) is 4. The molecule has 1 saturated heterocycles. The Morgan fingerprint density at radius 2 is 1.83 bits per heavy atom. The van der Waals surface area contributed by atoms with Crippen LogP contribution in [0.4, 0.5) is 9.18 Å². The van der Waals surface area contributed by atoms with Crippen molar-refractivity contribution in [3.8, 4) is 17.2 Å². The third-order valence-corrected chi connectivity index (χ3v) is 5.01. The summed E-state index contributed by atoms with van der Waals surface area (Å²) in [4.78, 5) is 18.4. The Morgan fingerprint density at radius 3 is 2.52 bits per heavy atom. The molecule has 0 saturated carbocycles. The molecule has 3 heterocycles. The lowest BCUT2D eigenvalue weighted by molar-refractivity contribution is 0.135. The number of amides is 1. The fourth-order valence-electron chi connectivity index (χ4n) is 3.36. The molecule has 0 bridgehead atoms. The van der Waals surface area contributed by atoms with Crippen molar-refractivity contribution in [2.24, 2.45) is 0 Å². The van der Waals surface area contributed by atoms with E-state index in [9.17, 15) is 9.18 Å². The topological polar surface area (TPSA) is 81.4 Å². The number of likely N-dealkylation sites (tertiary alicyclic amines) is 1. The minimum Gasteiger partial charge on any atom is -0.420 e. The smallest absolute Gasteiger partial charge is 0.415 e. The lowest BCUT2D eigenvalue weighted by Gasteiger charge is -2.29. The highest BCUT2D eigenvalue weighted by Crippen LogP contribution is 2.30. The van der Waals surface area contributed by atoms with E-state index >= 15 is 0 Å². The van der Waals surface area contributed by atoms with Gasteiger partial charge in [0.25, 0.3) is 0 Å². The van der Waals surface area contributed by atoms with Gasteiger partial charge in [-0.25, -0.2) is 9.18 Å². The van der Waals surface area contributed by atoms with Gasteiger partial charge in [0.2, 0.25) is 11.8 Å². The first-order valence-electron chi connectivity index (χ1n) is 9.50. The Bertz CT molecular complexity index is 1010. The second kappa shape index (κ2) is 7.98. The maximum absolute atomic E-state index is 13.1. The first kappa shape index (κ1) is 19.0. The Hall–Kier alpha value is -3.29. The zero-order chi connectivity index (χ0) is 20.4. The Kier molecular flexibility index (Phi) is 5.24. The number of ether oxygens (including phenoxy) is 1. The van der Waals surface area contributed by atoms with Gasteiger partial charge in [-0.2, -0.15) is 0 Å². The van der Waals surface area contributed by atoms with E-state index in [1.165, 1.54) is 12.1 Å². The van der Waals surface area contributed by atoms with Gasteiger partial charge in [0, 0.05) is 30.3 Å². The van der Waals surface area contributed by atoms with Gasteiger partial charge in [-0.3, -0.25) is 4.98 Å². The third kappa shape index (κ3) is 4.26. The zero-order valence-corrected chi connectivity index (χ0v) is 16.3. The van der Waals surface area contributed by atoms with E-state index in [1.54, 1.807) is 23.1 Å². The van der Waals surface area contributed by atoms with E-state index in [0.29, 0.717) is 54.7 Å². The molecule has 0 radical (unpaired) electrons. The minimum absolute atomic E-state index is 0.0727. The number of hydrogen-bond acceptors (Lipinski definition) is 6. The van der Waals surface area contributed by atoms with Gasteiger partial charge < -0.3 is 14.1 Å². The van der Waals surface area contributed by atoms with E-state index in [-0.39, 0.29) is 17.8 Å². The third-order valence-electron chi connectivity index (χ3n) is 5.01. The van der Waals surface area contributed by atoms with E-state index in [0.717, 1.165) is 5.69 Å². The molecule has 0 N–H and O–H groups in total. The second-order valence-corrected chi connectivity index (χ2v) is 7.12. The van der Waals surface area contributed by atoms with Crippen LogP contribution in [0.1, 0.15) is 36.0 Å². The Balaban J connectivity index is 1.35. The van der Waals surface area contributed by atoms with Gasteiger partial charge in [0.05, 0.1) is 5.69 Å². The number of aryl methyl sites for hydroxylation is 2. The highest BCUT2D eigenvalue weighted by Gasteiger charge is 2.28. The summed E-state index contributed by atoms with van der Waals surface area (Å²) in [6, 6.07) is 9.50. The van der Waals surface area contributed by atoms with Crippen LogP contribution in [0.15, 0.2) is 40.8 Å². The van der Waals surface area contributed by atoms with Crippen molar-refractivity contribution in [3.63, 3.8) is 0 Å². The molecule has 2 aromatic heterocycles. The normalized spacial score (nSPS) is 14.8. The van der Waals surface area contributed by atoms with E-state index in [2.05, 4.69) is 15.2 Å². The highest BCUT2D eigenvalue weighted by atomic mass is 19.1. The zero-order valence-electron chi connectivity index (χ0n) is 16.3. The quantitative estimate of drug-likeness (QED) is 0.658. The number of hydrogen-bond donors (Lipinski definition) is 0. The van der Waals surface area contributed by atoms with E-state index in [1.807, 2.05) is 19.9 Å². The maximum atomic E-state index is 13.1. The van der Waals surface area contributed by atoms with Crippen molar-refractivity contribution in [2.75, 3.05) is 13.1 Å². The summed E-state index contributed by atoms with van der Waals surface area (Å²) in [5.74, 6) is 1.14. The van der Waals surface area contributed by atoms with Crippen molar-refractivity contribution < 1.29 is 18.3 Å². The van der Waals surface area contributed by atoms with E-state index < -0.39 is 0 Å². The van der Waals surface area contributed by atoms with Crippen LogP contribution in [0.3, 0.4) is 0 Å². The van der Waals surface area contributed by atoms with Crippen LogP contribution in [-0.2, 0) is 0 Å². The maximum Gasteiger partial charge on any atom is 0.415 e. The monoisotopic (exact) mass is 396 g/mol. The average Bonchev–Trinajstić information content (AvgIpc) is 3.21. The number of carbonyl (C=O) groups excluding carboxylic acids is 1. The van der Waals surface area contributed by atoms with Gasteiger partial charge in [0.15, 0.2) is 5.75 Å². The largest absolute Gasteiger partial charge is 0.420 e. The van der Waals surface area contributed by atoms with Crippen LogP contribution in [0, 0.1) is 19.7 Å². The molecule has 1 aromatic carbocycles. The molecule has 7 nitrogen and oxygen atoms in total. The summed E-state index contributed by atoms with van der Waals surface area (Å²) < 4.78 is 24.3. The van der Waals surface area contributed by atoms with Crippen LogP contribution in [0.25, 0.3) is 11.5 Å². The van der Waals surface area contributed by atoms with Crippen molar-refractivity contribution in [1.29, 1.82) is 0 Å². The Morgan fingerprint density at radius 1 is 1.10 bits per heavy atom. The minimum atomic E-state index is -0.380. The first-order valence-corrected chi connectivity index (χ1v) is 9.50. The number of benzene rings is 1. The van der Waals surface area contributed by atoms with Crippen molar-refractivity contribution >= 4 is 6.09 Å². The number of halogens is 1. The SMILES string of the molecule is Cc1ccc(OC(=O)N2CCC(c3nnc(-c4ccc(F)cc4)o3)CC2)c(C)n1. The Labute approximate surface area is 167 Å². The molecule has 0 spiro atoms. The van der Waals surface area contributed by atoms with Gasteiger partial charge in [-0.15, -0.1) is 10.2 Å². The van der Waals surface area contributed by atoms with Gasteiger partial charge in [-0.05, 0) is 63.1 Å². The average molecular weight is 396 g/mol. The summed E-state index contributed by atoms with van der Waals surface area (Å²) in [6.45, 7) is 4.78. The van der Waals surface area contributed by atoms with E-state index in [4.69, 9.17) is 9.15 Å². The molecule has 0 aliphatic carbocycles. The molecule has 8 heteroatoms. The summed E-state index contributed by atoms with van der Waals surface area (Å²) in [5, 5.41) is 8.21. The predicted molar refractivity (Wildman–Crippen MR) is 103 cm³/mol. The molecule has 1 aliphatic rings. The molecular formula is C21H21FN4O3. The molecule has 150 valence electrons. The van der Waals surface area contributed by atoms with Crippen LogP contribution >= 0.6 is 0 Å². The summed E-state index contributed by atoms with van der Waals surface area (Å²) in [6.07, 6.45) is 1.02. The number of carbonyl (C=O) groups is 1. The van der Waals surface area contributed by atoms with Crippen LogP contribution in [-0.4, -0.2) is 39.3 Å². The highest BCUT2D eigenvalue weighted by molar-refractivity contribution is 5.71. The number of pyridine rings is 1. The molecule has 4 rings (SSSR count). The summed E-state index contributed by atoms with van der Waals surface area (Å²) in [7, 11) is 0. The van der Waals surface area contributed by atoms with Crippen molar-refractivity contribution in [1.82, 2.24) is 20.1 Å². The van der Waals surface area contributed by atoms with Gasteiger partial charge >= 0.3 is 6.09 Å². The molecule has 1 amide bonds. The first-order chi connectivity index (χ1) is 14.0. The molecule has 3 aromatic rings. The van der Waals surface area contributed by atoms with Crippen molar-refractivity contribution in [2.45, 2.75) is 32.6 Å². The molecular weight excluding hydrogens is 375 g/mol. The molecule has 0 unspecified atom stereocenters. The standard InChI is InChI=1S/C21H21FN4O3/c1-13-3-8-18(14(2)23-13)28-21(27)26-11-9-16(10-12-26)20-25-24-19(29-20)15-4-6-17(22)7-5-15/h3-8,16H,9-12H2,1-2H3. The molecule has 29 heavy (non-hydrogen) atoms. The summed E-state index contributed by atoms with van der Waals surface area (Å²) >= 11 is 0. The fourth-order valence-corrected chi connectivity index (χ4v) is 3.36. The van der Waals surface area contributed by atoms with Crippen LogP contribution < -0.4 is 4.74 Å². The van der Waals surface area contributed by atoms with Crippen LogP contribution in [0.2, 0.25) is 0 Å². The van der Waals surface area contributed by atoms with Crippen molar-refractivity contribution in [3.05, 3.63) is 59.5 Å².